The van der Waals surface area contributed by atoms with E-state index in [9.17, 15) is 4.79 Å². The molecule has 0 aromatic heterocycles. The summed E-state index contributed by atoms with van der Waals surface area (Å²) in [6.45, 7) is 5.23. The number of nitrogens with zero attached hydrogens (tertiary/aromatic N) is 1. The first-order chi connectivity index (χ1) is 8.17. The van der Waals surface area contributed by atoms with Crippen molar-refractivity contribution in [3.63, 3.8) is 0 Å². The number of nitriles is 1. The van der Waals surface area contributed by atoms with Gasteiger partial charge < -0.3 is 9.47 Å². The fourth-order valence-electron chi connectivity index (χ4n) is 1.23. The minimum Gasteiger partial charge on any atom is -0.490 e. The van der Waals surface area contributed by atoms with Crippen LogP contribution in [-0.2, 0) is 9.53 Å². The van der Waals surface area contributed by atoms with Gasteiger partial charge in [0.1, 0.15) is 18.4 Å². The standard InChI is InChI=1S/C13H13NO3/c1-3-8-16-12-6-4-11(5-7-12)13(9-14)17-10(2)15/h3-7,13H,1,8H2,2H3/t13-/m0/s1. The third-order valence-corrected chi connectivity index (χ3v) is 1.95. The van der Waals surface area contributed by atoms with Gasteiger partial charge in [-0.1, -0.05) is 24.8 Å². The fraction of sp³-hybridized carbons (Fsp3) is 0.231. The second kappa shape index (κ2) is 6.33. The lowest BCUT2D eigenvalue weighted by atomic mass is 10.1. The van der Waals surface area contributed by atoms with Gasteiger partial charge >= 0.3 is 5.97 Å². The van der Waals surface area contributed by atoms with E-state index in [4.69, 9.17) is 14.7 Å². The zero-order chi connectivity index (χ0) is 12.7. The molecule has 1 atom stereocenters. The molecular formula is C13H13NO3. The third-order valence-electron chi connectivity index (χ3n) is 1.95. The van der Waals surface area contributed by atoms with Crippen LogP contribution >= 0.6 is 0 Å². The van der Waals surface area contributed by atoms with Gasteiger partial charge in [0.25, 0.3) is 0 Å². The molecule has 17 heavy (non-hydrogen) atoms. The molecule has 0 aliphatic carbocycles. The molecule has 0 unspecified atom stereocenters. The van der Waals surface area contributed by atoms with Crippen LogP contribution < -0.4 is 4.74 Å². The fourth-order valence-corrected chi connectivity index (χ4v) is 1.23. The summed E-state index contributed by atoms with van der Waals surface area (Å²) < 4.78 is 10.1. The lowest BCUT2D eigenvalue weighted by Crippen LogP contribution is -2.06. The van der Waals surface area contributed by atoms with Crippen LogP contribution in [0.25, 0.3) is 0 Å². The lowest BCUT2D eigenvalue weighted by molar-refractivity contribution is -0.144. The van der Waals surface area contributed by atoms with E-state index in [1.807, 2.05) is 6.07 Å². The maximum atomic E-state index is 10.8. The molecule has 0 aliphatic rings. The molecule has 4 nitrogen and oxygen atoms in total. The van der Waals surface area contributed by atoms with E-state index in [1.165, 1.54) is 6.92 Å². The van der Waals surface area contributed by atoms with Crippen LogP contribution in [0.4, 0.5) is 0 Å². The summed E-state index contributed by atoms with van der Waals surface area (Å²) in [5, 5.41) is 8.87. The van der Waals surface area contributed by atoms with E-state index < -0.39 is 12.1 Å². The number of benzene rings is 1. The molecule has 0 saturated carbocycles. The molecule has 0 amide bonds. The predicted molar refractivity (Wildman–Crippen MR) is 62.3 cm³/mol. The Morgan fingerprint density at radius 1 is 1.53 bits per heavy atom. The largest absolute Gasteiger partial charge is 0.490 e. The van der Waals surface area contributed by atoms with E-state index in [0.29, 0.717) is 17.9 Å². The summed E-state index contributed by atoms with van der Waals surface area (Å²) in [7, 11) is 0. The van der Waals surface area contributed by atoms with E-state index in [2.05, 4.69) is 6.58 Å². The predicted octanol–water partition coefficient (Wildman–Crippen LogP) is 2.38. The number of carbonyl (C=O) groups excluding carboxylic acids is 1. The zero-order valence-electron chi connectivity index (χ0n) is 9.55. The van der Waals surface area contributed by atoms with E-state index in [1.54, 1.807) is 30.3 Å². The highest BCUT2D eigenvalue weighted by Crippen LogP contribution is 2.20. The zero-order valence-corrected chi connectivity index (χ0v) is 9.55. The van der Waals surface area contributed by atoms with Gasteiger partial charge in [0.2, 0.25) is 6.10 Å². The van der Waals surface area contributed by atoms with Crippen molar-refractivity contribution in [2.24, 2.45) is 0 Å². The molecule has 1 aromatic carbocycles. The number of ether oxygens (including phenoxy) is 2. The van der Waals surface area contributed by atoms with Crippen LogP contribution in [0.15, 0.2) is 36.9 Å². The second-order valence-corrected chi connectivity index (χ2v) is 3.29. The molecule has 4 heteroatoms. The smallest absolute Gasteiger partial charge is 0.304 e. The minimum atomic E-state index is -0.874. The van der Waals surface area contributed by atoms with Gasteiger partial charge in [-0.15, -0.1) is 0 Å². The SMILES string of the molecule is C=CCOc1ccc([C@H](C#N)OC(C)=O)cc1. The monoisotopic (exact) mass is 231 g/mol. The van der Waals surface area contributed by atoms with Gasteiger partial charge in [-0.25, -0.2) is 0 Å². The molecule has 0 aliphatic heterocycles. The van der Waals surface area contributed by atoms with Crippen LogP contribution in [0.5, 0.6) is 5.75 Å². The summed E-state index contributed by atoms with van der Waals surface area (Å²) in [6.07, 6.45) is 0.770. The number of carbonyl (C=O) groups is 1. The first-order valence-electron chi connectivity index (χ1n) is 5.08. The average Bonchev–Trinajstić information content (AvgIpc) is 2.34. The van der Waals surface area contributed by atoms with Gasteiger partial charge in [-0.3, -0.25) is 4.79 Å². The molecule has 0 saturated heterocycles. The molecule has 0 spiro atoms. The Hall–Kier alpha value is -2.28. The Morgan fingerprint density at radius 2 is 2.18 bits per heavy atom. The molecule has 1 rings (SSSR count). The van der Waals surface area contributed by atoms with Crippen molar-refractivity contribution < 1.29 is 14.3 Å². The highest BCUT2D eigenvalue weighted by atomic mass is 16.5. The van der Waals surface area contributed by atoms with Crippen LogP contribution in [-0.4, -0.2) is 12.6 Å². The summed E-state index contributed by atoms with van der Waals surface area (Å²) in [5.41, 5.74) is 0.619. The van der Waals surface area contributed by atoms with E-state index in [-0.39, 0.29) is 0 Å². The molecule has 0 bridgehead atoms. The van der Waals surface area contributed by atoms with Crippen molar-refractivity contribution in [2.75, 3.05) is 6.61 Å². The first-order valence-corrected chi connectivity index (χ1v) is 5.08. The number of rotatable bonds is 5. The van der Waals surface area contributed by atoms with Crippen LogP contribution in [0.3, 0.4) is 0 Å². The highest BCUT2D eigenvalue weighted by Gasteiger charge is 2.13. The molecule has 0 heterocycles. The van der Waals surface area contributed by atoms with Gasteiger partial charge in [0.05, 0.1) is 0 Å². The normalized spacial score (nSPS) is 11.1. The lowest BCUT2D eigenvalue weighted by Gasteiger charge is -2.10. The summed E-state index contributed by atoms with van der Waals surface area (Å²) in [6, 6.07) is 8.72. The Balaban J connectivity index is 2.74. The molecule has 0 fully saturated rings. The maximum Gasteiger partial charge on any atom is 0.304 e. The second-order valence-electron chi connectivity index (χ2n) is 3.29. The number of esters is 1. The average molecular weight is 231 g/mol. The minimum absolute atomic E-state index is 0.422. The van der Waals surface area contributed by atoms with Crippen molar-refractivity contribution in [1.82, 2.24) is 0 Å². The van der Waals surface area contributed by atoms with Crippen LogP contribution in [0, 0.1) is 11.3 Å². The van der Waals surface area contributed by atoms with E-state index >= 15 is 0 Å². The van der Waals surface area contributed by atoms with Crippen LogP contribution in [0.2, 0.25) is 0 Å². The Morgan fingerprint density at radius 3 is 2.65 bits per heavy atom. The molecule has 0 radical (unpaired) electrons. The molecular weight excluding hydrogens is 218 g/mol. The summed E-state index contributed by atoms with van der Waals surface area (Å²) >= 11 is 0. The summed E-state index contributed by atoms with van der Waals surface area (Å²) in [5.74, 6) is 0.191. The topological polar surface area (TPSA) is 59.3 Å². The number of hydrogen-bond acceptors (Lipinski definition) is 4. The van der Waals surface area contributed by atoms with Gasteiger partial charge in [0, 0.05) is 12.5 Å². The highest BCUT2D eigenvalue weighted by molar-refractivity contribution is 5.66. The Kier molecular flexibility index (Phi) is 4.77. The molecule has 1 aromatic rings. The molecule has 0 N–H and O–H groups in total. The third kappa shape index (κ3) is 3.99. The van der Waals surface area contributed by atoms with Crippen LogP contribution in [0.1, 0.15) is 18.6 Å². The summed E-state index contributed by atoms with van der Waals surface area (Å²) in [4.78, 5) is 10.8. The van der Waals surface area contributed by atoms with Gasteiger partial charge in [0.15, 0.2) is 0 Å². The number of hydrogen-bond donors (Lipinski definition) is 0. The maximum absolute atomic E-state index is 10.8. The Labute approximate surface area is 100 Å². The first kappa shape index (κ1) is 12.8. The van der Waals surface area contributed by atoms with Crippen molar-refractivity contribution in [2.45, 2.75) is 13.0 Å². The molecule has 88 valence electrons. The van der Waals surface area contributed by atoms with Crippen molar-refractivity contribution in [3.05, 3.63) is 42.5 Å². The van der Waals surface area contributed by atoms with E-state index in [0.717, 1.165) is 0 Å². The Bertz CT molecular complexity index is 431. The van der Waals surface area contributed by atoms with Gasteiger partial charge in [-0.05, 0) is 12.1 Å². The van der Waals surface area contributed by atoms with Gasteiger partial charge in [-0.2, -0.15) is 5.26 Å². The van der Waals surface area contributed by atoms with Crippen molar-refractivity contribution in [3.8, 4) is 11.8 Å². The van der Waals surface area contributed by atoms with Crippen molar-refractivity contribution >= 4 is 5.97 Å². The van der Waals surface area contributed by atoms with Crippen molar-refractivity contribution in [1.29, 1.82) is 5.26 Å². The quantitative estimate of drug-likeness (QED) is 0.576.